The molecule has 0 aliphatic rings. The highest BCUT2D eigenvalue weighted by atomic mass is 32.1. The van der Waals surface area contributed by atoms with E-state index in [9.17, 15) is 190 Å². The quantitative estimate of drug-likeness (QED) is 0.0108. The number of carbonyl (C=O) groups excluding carboxylic acids is 13. The molecule has 60 nitrogen and oxygen atoms in total. The predicted molar refractivity (Wildman–Crippen MR) is 503 cm³/mol. The number of nitrogens with two attached hydrogens (primary N) is 3. The van der Waals surface area contributed by atoms with Crippen molar-refractivity contribution in [3.05, 3.63) is 52.1 Å². The van der Waals surface area contributed by atoms with Gasteiger partial charge in [0.1, 0.15) is 91.1 Å². The van der Waals surface area contributed by atoms with Crippen LogP contribution in [0.3, 0.4) is 0 Å². The lowest BCUT2D eigenvalue weighted by atomic mass is 9.88. The molecule has 0 bridgehead atoms. The summed E-state index contributed by atoms with van der Waals surface area (Å²) < 4.78 is 0. The molecule has 0 saturated carbocycles. The number of aliphatic hydroxyl groups is 20. The average Bonchev–Trinajstić information content (AvgIpc) is 0.804. The minimum atomic E-state index is -2.28. The van der Waals surface area contributed by atoms with Gasteiger partial charge in [-0.25, -0.2) is 19.6 Å². The molecule has 0 aliphatic carbocycles. The third-order valence-electron chi connectivity index (χ3n) is 23.1. The summed E-state index contributed by atoms with van der Waals surface area (Å²) in [5, 5.41) is 264. The maximum absolute atomic E-state index is 15.3. The first-order valence-corrected chi connectivity index (χ1v) is 46.7. The van der Waals surface area contributed by atoms with Crippen LogP contribution in [0.5, 0.6) is 0 Å². The number of nitrogen functional groups attached to an aromatic ring is 1. The standard InChI is InChI=1S/C86H134N18O42S/c87-85(88)90-21-1-2-45(50(110)23-39(6-16-62(122)93-29-54(114)69(130)73(134)58(118)33-106)80(140)100-47(14-20-66(127)128)52(112)25-41(81(141)102-49(36-147)84(145)146)8-18-64(124)95-31-56(116)71(132)75(136)60(120)35-108)98-79(139)40(7-17-63(123)94-30-55(115)70(131)74(135)59(119)34-107)24-51(111)46(13-19-65(125)126)99-78(138)38(5-15-61(121)92-28-53(113)68(129)72(133)57(117)32-105)22-44(109)11-12-48(83(143)144)101-77(137)37-3-9-42(10-4-37)91-26-43-27-96-76-67(97-43)82(142)104-86(89)103-76/h3-4,9-10,27,38-41,45-49,53-60,68-75,91,105-108,113-120,129-136,147H,1-2,5-8,11-26,28-36H2,(H,92,121)(H,93,122)(H,94,123)(H,95,124)(H,98,139)(H,99,138)(H,100,140)(H,101,137)(H,102,141)(H,125,126)(H,127,128)(H,143,144)(H,145,146)(H4,87,88,90)(H3,89,96,103,104,142)/t38-,39-,40-,41-,45+,46+,47+,48+,49+,53+,54+,55+,56+,57-,58-,59-,60-,68-,69-,70-,71-,72-,73-,74-,75-/m1/s1. The summed E-state index contributed by atoms with van der Waals surface area (Å²) in [5.41, 5.74) is 16.5. The molecule has 41 N–H and O–H groups in total. The van der Waals surface area contributed by atoms with Crippen LogP contribution in [0.15, 0.2) is 40.2 Å². The Morgan fingerprint density at radius 3 is 1.05 bits per heavy atom. The molecule has 147 heavy (non-hydrogen) atoms. The van der Waals surface area contributed by atoms with E-state index >= 15 is 19.2 Å². The first-order valence-electron chi connectivity index (χ1n) is 46.0. The van der Waals surface area contributed by atoms with Crippen molar-refractivity contribution in [2.75, 3.05) is 76.0 Å². The molecule has 0 spiro atoms. The summed E-state index contributed by atoms with van der Waals surface area (Å²) in [6.07, 6.45) is -50.6. The number of amides is 9. The van der Waals surface area contributed by atoms with E-state index in [4.69, 9.17) is 17.2 Å². The Morgan fingerprint density at radius 1 is 0.395 bits per heavy atom. The summed E-state index contributed by atoms with van der Waals surface area (Å²) in [5.74, 6) is -31.5. The molecule has 0 aliphatic heterocycles. The SMILES string of the molecule is NC(N)=NCCC[C@H](NC(=O)[C@H](CCC(=O)NC[C@H](O)[C@@H](O)[C@H](O)[C@H](O)CO)CC(=O)[C@H](CCC(=O)O)NC(=O)[C@H](CCC(=O)NC[C@H](O)[C@@H](O)[C@H](O)[C@H](O)CO)CC(=O)CC[C@H](NC(=O)c1ccc(NCc2cnc3nc(N)[nH]c(=O)c3n2)cc1)C(=O)O)C(=O)C[C@@H](CCC(=O)NC[C@H](O)[C@@H](O)[C@H](O)[C@H](O)CO)C(=O)N[C@@H](CCC(=O)O)C(=O)C[C@@H](CCC(=O)NC[C@H](O)[C@@H](O)[C@H](O)[C@H](O)CO)C(=O)N[C@@H](CS)C(=O)O. The van der Waals surface area contributed by atoms with Gasteiger partial charge in [-0.3, -0.25) is 86.7 Å². The minimum absolute atomic E-state index is 0.0174. The van der Waals surface area contributed by atoms with Gasteiger partial charge in [-0.2, -0.15) is 17.6 Å². The fourth-order valence-corrected chi connectivity index (χ4v) is 14.4. The molecule has 0 fully saturated rings. The molecule has 9 amide bonds. The van der Waals surface area contributed by atoms with Gasteiger partial charge in [-0.1, -0.05) is 0 Å². The first kappa shape index (κ1) is 129. The molecule has 826 valence electrons. The lowest BCUT2D eigenvalue weighted by Gasteiger charge is -2.27. The number of carboxylic acids is 4. The first-order chi connectivity index (χ1) is 69.1. The smallest absolute Gasteiger partial charge is 0.327 e. The predicted octanol–water partition coefficient (Wildman–Crippen LogP) is -15.8. The largest absolute Gasteiger partial charge is 0.481 e. The molecule has 0 radical (unpaired) electrons. The van der Waals surface area contributed by atoms with Gasteiger partial charge in [-0.15, -0.1) is 0 Å². The molecule has 0 saturated heterocycles. The second-order valence-electron chi connectivity index (χ2n) is 34.5. The number of anilines is 2. The molecule has 2 heterocycles. The number of nitrogens with one attached hydrogen (secondary N) is 11. The van der Waals surface area contributed by atoms with Crippen molar-refractivity contribution in [3.63, 3.8) is 0 Å². The highest BCUT2D eigenvalue weighted by Crippen LogP contribution is 2.26. The maximum atomic E-state index is 15.3. The van der Waals surface area contributed by atoms with Crippen LogP contribution < -0.4 is 75.9 Å². The Hall–Kier alpha value is -12.3. The Balaban J connectivity index is 2.26. The zero-order chi connectivity index (χ0) is 111. The summed E-state index contributed by atoms with van der Waals surface area (Å²) >= 11 is 3.92. The highest BCUT2D eigenvalue weighted by Gasteiger charge is 2.41. The Bertz CT molecular complexity index is 4920. The van der Waals surface area contributed by atoms with Crippen LogP contribution in [0.2, 0.25) is 0 Å². The normalized spacial score (nSPS) is 16.6. The van der Waals surface area contributed by atoms with Crippen molar-refractivity contribution in [3.8, 4) is 0 Å². The third-order valence-corrected chi connectivity index (χ3v) is 23.5. The number of carbonyl (C=O) groups is 17. The van der Waals surface area contributed by atoms with Crippen LogP contribution in [-0.2, 0) is 83.3 Å². The summed E-state index contributed by atoms with van der Waals surface area (Å²) in [6.45, 7) is -8.60. The van der Waals surface area contributed by atoms with E-state index in [2.05, 4.69) is 90.7 Å². The van der Waals surface area contributed by atoms with Crippen molar-refractivity contribution in [2.24, 2.45) is 40.1 Å². The van der Waals surface area contributed by atoms with Crippen LogP contribution in [0.25, 0.3) is 11.2 Å². The number of aliphatic carboxylic acids is 4. The zero-order valence-electron chi connectivity index (χ0n) is 79.3. The number of hydrogen-bond donors (Lipinski definition) is 39. The molecule has 3 aromatic rings. The number of aromatic amines is 1. The fraction of sp³-hybridized carbons (Fsp3) is 0.651. The second kappa shape index (κ2) is 66.1. The number of aromatic nitrogens is 4. The minimum Gasteiger partial charge on any atom is -0.481 e. The molecular formula is C86H134N18O42S. The number of carboxylic acid groups (broad SMARTS) is 4. The molecule has 0 unspecified atom stereocenters. The highest BCUT2D eigenvalue weighted by molar-refractivity contribution is 7.80. The van der Waals surface area contributed by atoms with E-state index in [1.807, 2.05) is 0 Å². The van der Waals surface area contributed by atoms with Crippen molar-refractivity contribution >= 4 is 142 Å². The van der Waals surface area contributed by atoms with E-state index in [1.54, 1.807) is 0 Å². The lowest BCUT2D eigenvalue weighted by molar-refractivity contribution is -0.142. The van der Waals surface area contributed by atoms with Gasteiger partial charge in [0.25, 0.3) is 11.5 Å². The van der Waals surface area contributed by atoms with E-state index in [-0.39, 0.29) is 41.3 Å². The number of hydrogen-bond acceptors (Lipinski definition) is 45. The van der Waals surface area contributed by atoms with Crippen molar-refractivity contribution in [2.45, 2.75) is 263 Å². The fourth-order valence-electron chi connectivity index (χ4n) is 14.1. The van der Waals surface area contributed by atoms with E-state index in [1.165, 1.54) is 30.5 Å². The molecule has 1 aromatic carbocycles. The van der Waals surface area contributed by atoms with E-state index < -0.39 is 450 Å². The molecule has 3 rings (SSSR count). The number of nitrogens with zero attached hydrogens (tertiary/aromatic N) is 4. The van der Waals surface area contributed by atoms with Gasteiger partial charge in [-0.05, 0) is 82.1 Å². The van der Waals surface area contributed by atoms with Gasteiger partial charge in [0.05, 0.1) is 87.4 Å². The summed E-state index contributed by atoms with van der Waals surface area (Å²) in [4.78, 5) is 267. The summed E-state index contributed by atoms with van der Waals surface area (Å²) in [6, 6.07) is -4.51. The van der Waals surface area contributed by atoms with Gasteiger partial charge in [0, 0.05) is 144 Å². The van der Waals surface area contributed by atoms with Crippen molar-refractivity contribution in [1.29, 1.82) is 0 Å². The van der Waals surface area contributed by atoms with Crippen LogP contribution in [0.4, 0.5) is 11.6 Å². The molecule has 2 aromatic heterocycles. The van der Waals surface area contributed by atoms with Crippen LogP contribution in [0, 0.1) is 23.7 Å². The van der Waals surface area contributed by atoms with Crippen LogP contribution >= 0.6 is 12.6 Å². The number of thiol groups is 1. The second-order valence-corrected chi connectivity index (χ2v) is 34.9. The lowest BCUT2D eigenvalue weighted by Crippen LogP contribution is -2.50. The number of benzene rings is 1. The van der Waals surface area contributed by atoms with Crippen LogP contribution in [-0.4, -0.2) is 441 Å². The van der Waals surface area contributed by atoms with E-state index in [0.717, 1.165) is 0 Å². The Kier molecular flexibility index (Phi) is 57.9. The topological polar surface area (TPSA) is 1060 Å². The number of ketones is 4. The average molecular weight is 2120 g/mol. The molecular weight excluding hydrogens is 1990 g/mol. The molecule has 25 atom stereocenters. The zero-order valence-corrected chi connectivity index (χ0v) is 80.2. The number of aliphatic imine (C=N–C) groups is 1. The van der Waals surface area contributed by atoms with Gasteiger partial charge >= 0.3 is 23.9 Å². The van der Waals surface area contributed by atoms with Gasteiger partial charge in [0.2, 0.25) is 53.2 Å². The number of aliphatic hydroxyl groups excluding tert-OH is 20. The number of Topliss-reactive ketones (excluding diaryl/α,β-unsaturated/α-hetero) is 4. The van der Waals surface area contributed by atoms with Gasteiger partial charge in [0.15, 0.2) is 34.5 Å². The van der Waals surface area contributed by atoms with E-state index in [0.29, 0.717) is 5.69 Å². The summed E-state index contributed by atoms with van der Waals surface area (Å²) in [7, 11) is 0. The Morgan fingerprint density at radius 2 is 0.721 bits per heavy atom. The maximum Gasteiger partial charge on any atom is 0.327 e. The number of H-pyrrole nitrogens is 1. The monoisotopic (exact) mass is 2120 g/mol. The van der Waals surface area contributed by atoms with Crippen molar-refractivity contribution < 1.29 is 204 Å². The molecule has 61 heteroatoms. The van der Waals surface area contributed by atoms with Crippen molar-refractivity contribution in [1.82, 2.24) is 67.8 Å². The van der Waals surface area contributed by atoms with Crippen LogP contribution in [0.1, 0.15) is 144 Å². The van der Waals surface area contributed by atoms with Gasteiger partial charge < -0.3 is 193 Å². The third kappa shape index (κ3) is 46.3. The number of guanidine groups is 1. The Labute approximate surface area is 841 Å². The number of fused-ring (bicyclic) bond motifs is 1. The number of rotatable bonds is 76.